The van der Waals surface area contributed by atoms with Crippen LogP contribution in [-0.2, 0) is 42.1 Å². The Morgan fingerprint density at radius 3 is 2.36 bits per heavy atom. The topological polar surface area (TPSA) is 210 Å². The molecule has 1 aromatic carbocycles. The van der Waals surface area contributed by atoms with E-state index in [1.54, 1.807) is 59.7 Å². The predicted molar refractivity (Wildman–Crippen MR) is 169 cm³/mol. The van der Waals surface area contributed by atoms with E-state index in [0.29, 0.717) is 5.02 Å². The van der Waals surface area contributed by atoms with E-state index in [4.69, 9.17) is 39.6 Å². The van der Waals surface area contributed by atoms with Gasteiger partial charge in [-0.15, -0.1) is 0 Å². The number of carbonyl (C=O) groups excluding carboxylic acids is 2. The third-order valence-electron chi connectivity index (χ3n) is 6.89. The van der Waals surface area contributed by atoms with Crippen LogP contribution in [0.4, 0.5) is 0 Å². The van der Waals surface area contributed by atoms with E-state index in [2.05, 4.69) is 15.0 Å². The first-order valence-corrected chi connectivity index (χ1v) is 16.1. The molecule has 0 bridgehead atoms. The van der Waals surface area contributed by atoms with Crippen LogP contribution < -0.4 is 11.2 Å². The number of aromatic amines is 1. The second-order valence-corrected chi connectivity index (χ2v) is 14.2. The molecule has 6 atom stereocenters. The molecule has 16 nitrogen and oxygen atoms in total. The number of azide groups is 1. The second-order valence-electron chi connectivity index (χ2n) is 12.7. The number of nitrogens with one attached hydrogen (secondary N) is 1. The summed E-state index contributed by atoms with van der Waals surface area (Å²) < 4.78 is 47.7. The summed E-state index contributed by atoms with van der Waals surface area (Å²) in [4.78, 5) is 55.9. The van der Waals surface area contributed by atoms with Crippen molar-refractivity contribution in [1.82, 2.24) is 9.55 Å². The predicted octanol–water partition coefficient (Wildman–Crippen LogP) is 4.84. The van der Waals surface area contributed by atoms with Crippen molar-refractivity contribution in [2.45, 2.75) is 78.2 Å². The first kappa shape index (κ1) is 38.0. The lowest BCUT2D eigenvalue weighted by molar-refractivity contribution is -0.182. The van der Waals surface area contributed by atoms with E-state index in [0.717, 1.165) is 22.4 Å². The fourth-order valence-corrected chi connectivity index (χ4v) is 5.24. The number of carbonyl (C=O) groups is 2. The van der Waals surface area contributed by atoms with Crippen LogP contribution in [0, 0.1) is 10.8 Å². The van der Waals surface area contributed by atoms with Crippen LogP contribution in [0.5, 0.6) is 0 Å². The molecule has 2 unspecified atom stereocenters. The number of nitrogens with zero attached hydrogens (tertiary/aromatic N) is 4. The van der Waals surface area contributed by atoms with E-state index in [-0.39, 0.29) is 13.0 Å². The summed E-state index contributed by atoms with van der Waals surface area (Å²) in [6.07, 6.45) is -4.06. The maximum atomic E-state index is 13.2. The van der Waals surface area contributed by atoms with E-state index in [9.17, 15) is 29.3 Å². The van der Waals surface area contributed by atoms with Gasteiger partial charge in [-0.2, -0.15) is 0 Å². The van der Waals surface area contributed by atoms with Crippen LogP contribution >= 0.6 is 19.9 Å². The molecule has 2 heterocycles. The molecule has 1 saturated heterocycles. The standard InChI is InChI=1S/C29H39ClN5O11P/c1-27(2,3)24(37)44-21-22(45-25(38)28(4,5)6)29(33-34-31,46-23(21)35-13-11-20(36)32-26(35)39)16-43-47(40)42-14-12-19(41-7)17-9-8-10-18(30)15-17/h8-11,13,15,19,21-23,47H,12,14,16H2,1-7H3,(H,32,36,39)/t19-,21+,22-,23?,29+/m0/s1. The molecular weight excluding hydrogens is 661 g/mol. The van der Waals surface area contributed by atoms with Crippen molar-refractivity contribution in [3.05, 3.63) is 78.4 Å². The highest BCUT2D eigenvalue weighted by Crippen LogP contribution is 2.45. The van der Waals surface area contributed by atoms with Gasteiger partial charge in [0.05, 0.1) is 30.1 Å². The number of methoxy groups -OCH3 is 1. The number of esters is 2. The lowest BCUT2D eigenvalue weighted by Crippen LogP contribution is -2.50. The maximum Gasteiger partial charge on any atom is 0.330 e. The van der Waals surface area contributed by atoms with E-state index in [1.165, 1.54) is 7.11 Å². The number of hydrogen-bond donors (Lipinski definition) is 1. The van der Waals surface area contributed by atoms with Crippen LogP contribution in [-0.4, -0.2) is 59.7 Å². The Bertz CT molecular complexity index is 1630. The maximum absolute atomic E-state index is 13.2. The third-order valence-corrected chi connectivity index (χ3v) is 7.95. The van der Waals surface area contributed by atoms with Crippen molar-refractivity contribution in [3.63, 3.8) is 0 Å². The van der Waals surface area contributed by atoms with Gasteiger partial charge in [0.15, 0.2) is 18.4 Å². The number of halogens is 1. The fourth-order valence-electron chi connectivity index (χ4n) is 4.35. The minimum Gasteiger partial charge on any atom is -0.454 e. The molecule has 1 fully saturated rings. The Labute approximate surface area is 276 Å². The molecule has 1 aliphatic heterocycles. The van der Waals surface area contributed by atoms with Crippen molar-refractivity contribution >= 4 is 31.8 Å². The average Bonchev–Trinajstić information content (AvgIpc) is 3.25. The number of hydrogen-bond acceptors (Lipinski definition) is 12. The van der Waals surface area contributed by atoms with Gasteiger partial charge in [0.25, 0.3) is 5.56 Å². The van der Waals surface area contributed by atoms with Gasteiger partial charge in [0, 0.05) is 35.7 Å². The Kier molecular flexibility index (Phi) is 12.6. The summed E-state index contributed by atoms with van der Waals surface area (Å²) >= 11 is 6.07. The van der Waals surface area contributed by atoms with Gasteiger partial charge in [0.1, 0.15) is 0 Å². The zero-order chi connectivity index (χ0) is 35.2. The van der Waals surface area contributed by atoms with Gasteiger partial charge in [0.2, 0.25) is 5.72 Å². The van der Waals surface area contributed by atoms with Gasteiger partial charge in [-0.05, 0) is 64.8 Å². The average molecular weight is 700 g/mol. The van der Waals surface area contributed by atoms with E-state index < -0.39 is 79.1 Å². The molecule has 18 heteroatoms. The molecule has 0 saturated carbocycles. The monoisotopic (exact) mass is 699 g/mol. The van der Waals surface area contributed by atoms with Gasteiger partial charge >= 0.3 is 25.9 Å². The van der Waals surface area contributed by atoms with Crippen LogP contribution in [0.25, 0.3) is 10.4 Å². The fraction of sp³-hybridized carbons (Fsp3) is 0.586. The molecular formula is C29H39ClN5O11P. The zero-order valence-corrected chi connectivity index (χ0v) is 28.8. The van der Waals surface area contributed by atoms with Crippen molar-refractivity contribution in [2.24, 2.45) is 15.9 Å². The number of ether oxygens (including phenoxy) is 4. The van der Waals surface area contributed by atoms with Gasteiger partial charge in [-0.1, -0.05) is 28.8 Å². The SMILES string of the molecule is CO[C@@H](CCO[PH](=O)OC[C@@]1(N=[N+]=[N-])OC(n2ccc(=O)[nH]c2=O)[C@H](OC(=O)C(C)(C)C)[C@@H]1OC(=O)C(C)(C)C)c1cccc(Cl)c1. The molecule has 1 N–H and O–H groups in total. The molecule has 0 radical (unpaired) electrons. The van der Waals surface area contributed by atoms with E-state index in [1.807, 2.05) is 6.07 Å². The van der Waals surface area contributed by atoms with Crippen molar-refractivity contribution in [1.29, 1.82) is 0 Å². The highest BCUT2D eigenvalue weighted by atomic mass is 35.5. The van der Waals surface area contributed by atoms with Gasteiger partial charge < -0.3 is 28.0 Å². The third kappa shape index (κ3) is 9.77. The summed E-state index contributed by atoms with van der Waals surface area (Å²) in [5, 5.41) is 4.23. The summed E-state index contributed by atoms with van der Waals surface area (Å²) in [6.45, 7) is 8.46. The summed E-state index contributed by atoms with van der Waals surface area (Å²) in [7, 11) is -1.82. The van der Waals surface area contributed by atoms with Crippen LogP contribution in [0.15, 0.2) is 51.2 Å². The number of aromatic nitrogens is 2. The Balaban J connectivity index is 1.95. The molecule has 2 aromatic rings. The number of benzene rings is 1. The summed E-state index contributed by atoms with van der Waals surface area (Å²) in [5.41, 5.74) is 4.16. The molecule has 0 spiro atoms. The number of rotatable bonds is 13. The summed E-state index contributed by atoms with van der Waals surface area (Å²) in [5.74, 6) is -1.60. The van der Waals surface area contributed by atoms with Crippen molar-refractivity contribution in [2.75, 3.05) is 20.3 Å². The zero-order valence-electron chi connectivity index (χ0n) is 27.1. The first-order valence-electron chi connectivity index (χ1n) is 14.5. The minimum absolute atomic E-state index is 0.0815. The molecule has 47 heavy (non-hydrogen) atoms. The molecule has 1 aromatic heterocycles. The lowest BCUT2D eigenvalue weighted by atomic mass is 9.96. The Hall–Kier alpha value is -3.49. The highest BCUT2D eigenvalue weighted by molar-refractivity contribution is 7.33. The van der Waals surface area contributed by atoms with Gasteiger partial charge in [-0.3, -0.25) is 28.5 Å². The largest absolute Gasteiger partial charge is 0.454 e. The smallest absolute Gasteiger partial charge is 0.330 e. The highest BCUT2D eigenvalue weighted by Gasteiger charge is 2.61. The summed E-state index contributed by atoms with van der Waals surface area (Å²) in [6, 6.07) is 8.02. The Morgan fingerprint density at radius 1 is 1.13 bits per heavy atom. The molecule has 3 rings (SSSR count). The van der Waals surface area contributed by atoms with Crippen molar-refractivity contribution < 1.29 is 42.1 Å². The molecule has 1 aliphatic rings. The normalized spacial score (nSPS) is 22.6. The molecule has 0 aliphatic carbocycles. The Morgan fingerprint density at radius 2 is 1.79 bits per heavy atom. The number of H-pyrrole nitrogens is 1. The van der Waals surface area contributed by atoms with Crippen LogP contribution in [0.1, 0.15) is 65.9 Å². The van der Waals surface area contributed by atoms with Crippen LogP contribution in [0.3, 0.4) is 0 Å². The second kappa shape index (κ2) is 15.6. The quantitative estimate of drug-likeness (QED) is 0.0982. The van der Waals surface area contributed by atoms with Gasteiger partial charge in [-0.25, -0.2) is 4.79 Å². The molecule has 0 amide bonds. The molecule has 258 valence electrons. The lowest BCUT2D eigenvalue weighted by Gasteiger charge is -2.32. The minimum atomic E-state index is -3.32. The van der Waals surface area contributed by atoms with E-state index >= 15 is 0 Å². The first-order chi connectivity index (χ1) is 21.9. The van der Waals surface area contributed by atoms with Crippen molar-refractivity contribution in [3.8, 4) is 0 Å². The van der Waals surface area contributed by atoms with Crippen LogP contribution in [0.2, 0.25) is 5.02 Å².